The van der Waals surface area contributed by atoms with Crippen LogP contribution in [0.3, 0.4) is 0 Å². The molecule has 1 aromatic heterocycles. The highest BCUT2D eigenvalue weighted by atomic mass is 127. The normalized spacial score (nSPS) is 24.9. The number of halogens is 1. The molecule has 88 valence electrons. The Morgan fingerprint density at radius 3 is 2.94 bits per heavy atom. The molecule has 0 aromatic carbocycles. The highest BCUT2D eigenvalue weighted by molar-refractivity contribution is 14.1. The van der Waals surface area contributed by atoms with Crippen molar-refractivity contribution in [2.75, 3.05) is 6.61 Å². The highest BCUT2D eigenvalue weighted by Gasteiger charge is 2.28. The first kappa shape index (κ1) is 11.8. The van der Waals surface area contributed by atoms with E-state index in [1.165, 1.54) is 0 Å². The van der Waals surface area contributed by atoms with Crippen LogP contribution in [0.5, 0.6) is 0 Å². The predicted octanol–water partition coefficient (Wildman–Crippen LogP) is 0.475. The summed E-state index contributed by atoms with van der Waals surface area (Å²) in [4.78, 5) is 25.2. The molecule has 1 aliphatic rings. The van der Waals surface area contributed by atoms with Gasteiger partial charge in [0.25, 0.3) is 5.56 Å². The van der Waals surface area contributed by atoms with Gasteiger partial charge in [-0.1, -0.05) is 6.42 Å². The number of hydrogen-bond acceptors (Lipinski definition) is 3. The van der Waals surface area contributed by atoms with E-state index in [1.54, 1.807) is 10.8 Å². The summed E-state index contributed by atoms with van der Waals surface area (Å²) in [6.07, 6.45) is 4.41. The van der Waals surface area contributed by atoms with Crippen molar-refractivity contribution >= 4 is 22.6 Å². The maximum Gasteiger partial charge on any atom is 0.328 e. The first-order valence-corrected chi connectivity index (χ1v) is 6.33. The monoisotopic (exact) mass is 336 g/mol. The summed E-state index contributed by atoms with van der Waals surface area (Å²) >= 11 is 1.91. The fraction of sp³-hybridized carbons (Fsp3) is 0.600. The third-order valence-electron chi connectivity index (χ3n) is 3.14. The van der Waals surface area contributed by atoms with E-state index in [-0.39, 0.29) is 29.8 Å². The number of aromatic nitrogens is 2. The Hall–Kier alpha value is -0.630. The van der Waals surface area contributed by atoms with Crippen LogP contribution in [0.4, 0.5) is 0 Å². The molecule has 1 saturated carbocycles. The van der Waals surface area contributed by atoms with Crippen LogP contribution in [0.25, 0.3) is 0 Å². The molecule has 0 aliphatic heterocycles. The number of aliphatic hydroxyl groups is 1. The van der Waals surface area contributed by atoms with Crippen LogP contribution in [-0.2, 0) is 0 Å². The highest BCUT2D eigenvalue weighted by Crippen LogP contribution is 2.34. The molecule has 2 N–H and O–H groups in total. The van der Waals surface area contributed by atoms with E-state index in [1.807, 2.05) is 22.6 Å². The lowest BCUT2D eigenvalue weighted by Gasteiger charge is -2.19. The summed E-state index contributed by atoms with van der Waals surface area (Å²) in [5.41, 5.74) is -0.726. The molecule has 0 saturated heterocycles. The van der Waals surface area contributed by atoms with E-state index in [2.05, 4.69) is 4.98 Å². The maximum absolute atomic E-state index is 11.7. The number of H-pyrrole nitrogens is 1. The Morgan fingerprint density at radius 1 is 1.50 bits per heavy atom. The van der Waals surface area contributed by atoms with Crippen molar-refractivity contribution in [2.45, 2.75) is 25.3 Å². The molecule has 16 heavy (non-hydrogen) atoms. The number of rotatable bonds is 2. The van der Waals surface area contributed by atoms with Gasteiger partial charge >= 0.3 is 5.69 Å². The molecule has 1 unspecified atom stereocenters. The molecule has 2 rings (SSSR count). The zero-order valence-electron chi connectivity index (χ0n) is 8.65. The fourth-order valence-corrected chi connectivity index (χ4v) is 2.74. The summed E-state index contributed by atoms with van der Waals surface area (Å²) in [6, 6.07) is 0.0165. The van der Waals surface area contributed by atoms with Gasteiger partial charge in [0.05, 0.1) is 3.57 Å². The van der Waals surface area contributed by atoms with E-state index in [4.69, 9.17) is 0 Å². The van der Waals surface area contributed by atoms with Crippen LogP contribution in [0.1, 0.15) is 25.3 Å². The predicted molar refractivity (Wildman–Crippen MR) is 67.5 cm³/mol. The van der Waals surface area contributed by atoms with Crippen molar-refractivity contribution in [3.8, 4) is 0 Å². The van der Waals surface area contributed by atoms with Crippen LogP contribution in [0.15, 0.2) is 15.8 Å². The minimum absolute atomic E-state index is 0.0165. The number of nitrogens with zero attached hydrogens (tertiary/aromatic N) is 1. The van der Waals surface area contributed by atoms with Gasteiger partial charge in [0.15, 0.2) is 0 Å². The Kier molecular flexibility index (Phi) is 3.48. The molecular formula is C10H13IN2O3. The lowest BCUT2D eigenvalue weighted by Crippen LogP contribution is -2.35. The largest absolute Gasteiger partial charge is 0.396 e. The Bertz CT molecular complexity index is 494. The summed E-state index contributed by atoms with van der Waals surface area (Å²) < 4.78 is 2.05. The van der Waals surface area contributed by atoms with Crippen LogP contribution < -0.4 is 11.2 Å². The molecule has 6 heteroatoms. The van der Waals surface area contributed by atoms with Gasteiger partial charge in [-0.15, -0.1) is 0 Å². The third-order valence-corrected chi connectivity index (χ3v) is 3.90. The summed E-state index contributed by atoms with van der Waals surface area (Å²) in [6.45, 7) is 0.0901. The molecule has 1 aliphatic carbocycles. The molecule has 1 fully saturated rings. The SMILES string of the molecule is O=c1[nH]c(=O)n(C2CCC[C@H]2CO)cc1I. The minimum atomic E-state index is -0.379. The first-order valence-electron chi connectivity index (χ1n) is 5.25. The van der Waals surface area contributed by atoms with Gasteiger partial charge in [0.1, 0.15) is 0 Å². The fourth-order valence-electron chi connectivity index (χ4n) is 2.30. The van der Waals surface area contributed by atoms with E-state index in [0.717, 1.165) is 19.3 Å². The molecule has 1 heterocycles. The molecule has 0 spiro atoms. The lowest BCUT2D eigenvalue weighted by atomic mass is 10.1. The number of aliphatic hydroxyl groups excluding tert-OH is 1. The summed E-state index contributed by atoms with van der Waals surface area (Å²) in [7, 11) is 0. The van der Waals surface area contributed by atoms with E-state index in [0.29, 0.717) is 3.57 Å². The standard InChI is InChI=1S/C10H13IN2O3/c11-7-4-13(10(16)12-9(7)15)8-3-1-2-6(8)5-14/h4,6,8,14H,1-3,5H2,(H,12,15,16)/t6-,8?/m0/s1. The van der Waals surface area contributed by atoms with Gasteiger partial charge in [-0.2, -0.15) is 0 Å². The van der Waals surface area contributed by atoms with Crippen molar-refractivity contribution in [1.82, 2.24) is 9.55 Å². The quantitative estimate of drug-likeness (QED) is 0.772. The summed E-state index contributed by atoms with van der Waals surface area (Å²) in [5, 5.41) is 9.22. The van der Waals surface area contributed by atoms with Gasteiger partial charge in [-0.3, -0.25) is 14.3 Å². The second-order valence-electron chi connectivity index (χ2n) is 4.08. The van der Waals surface area contributed by atoms with Crippen LogP contribution >= 0.6 is 22.6 Å². The van der Waals surface area contributed by atoms with Crippen LogP contribution in [0, 0.1) is 9.49 Å². The van der Waals surface area contributed by atoms with E-state index < -0.39 is 0 Å². The molecule has 5 nitrogen and oxygen atoms in total. The van der Waals surface area contributed by atoms with Crippen molar-refractivity contribution in [1.29, 1.82) is 0 Å². The Balaban J connectivity index is 2.44. The van der Waals surface area contributed by atoms with Crippen LogP contribution in [0.2, 0.25) is 0 Å². The number of aromatic amines is 1. The minimum Gasteiger partial charge on any atom is -0.396 e. The maximum atomic E-state index is 11.7. The van der Waals surface area contributed by atoms with Gasteiger partial charge in [0, 0.05) is 24.8 Å². The third kappa shape index (κ3) is 2.08. The molecule has 0 amide bonds. The molecule has 0 bridgehead atoms. The molecule has 2 atom stereocenters. The summed E-state index contributed by atoms with van der Waals surface area (Å²) in [5.74, 6) is 0.124. The van der Waals surface area contributed by atoms with Crippen molar-refractivity contribution in [3.63, 3.8) is 0 Å². The molecular weight excluding hydrogens is 323 g/mol. The molecule has 1 aromatic rings. The average molecular weight is 336 g/mol. The zero-order valence-corrected chi connectivity index (χ0v) is 10.8. The zero-order chi connectivity index (χ0) is 11.7. The van der Waals surface area contributed by atoms with Crippen molar-refractivity contribution < 1.29 is 5.11 Å². The Morgan fingerprint density at radius 2 is 2.25 bits per heavy atom. The van der Waals surface area contributed by atoms with Gasteiger partial charge in [-0.05, 0) is 35.4 Å². The number of hydrogen-bond donors (Lipinski definition) is 2. The lowest BCUT2D eigenvalue weighted by molar-refractivity contribution is 0.193. The van der Waals surface area contributed by atoms with Crippen molar-refractivity contribution in [3.05, 3.63) is 30.6 Å². The van der Waals surface area contributed by atoms with E-state index in [9.17, 15) is 14.7 Å². The second kappa shape index (κ2) is 4.70. The van der Waals surface area contributed by atoms with Crippen LogP contribution in [-0.4, -0.2) is 21.3 Å². The second-order valence-corrected chi connectivity index (χ2v) is 5.25. The van der Waals surface area contributed by atoms with Gasteiger partial charge < -0.3 is 5.11 Å². The number of nitrogens with one attached hydrogen (secondary N) is 1. The first-order chi connectivity index (χ1) is 7.63. The Labute approximate surface area is 106 Å². The molecule has 0 radical (unpaired) electrons. The average Bonchev–Trinajstić information content (AvgIpc) is 2.71. The van der Waals surface area contributed by atoms with Gasteiger partial charge in [0.2, 0.25) is 0 Å². The van der Waals surface area contributed by atoms with E-state index >= 15 is 0 Å². The van der Waals surface area contributed by atoms with Crippen molar-refractivity contribution in [2.24, 2.45) is 5.92 Å². The smallest absolute Gasteiger partial charge is 0.328 e. The van der Waals surface area contributed by atoms with Gasteiger partial charge in [-0.25, -0.2) is 4.79 Å². The topological polar surface area (TPSA) is 75.1 Å².